The molecule has 1 saturated carbocycles. The Morgan fingerprint density at radius 2 is 1.82 bits per heavy atom. The van der Waals surface area contributed by atoms with Crippen LogP contribution in [0.3, 0.4) is 0 Å². The lowest BCUT2D eigenvalue weighted by Gasteiger charge is -2.43. The summed E-state index contributed by atoms with van der Waals surface area (Å²) in [6.45, 7) is 8.20. The first-order valence-electron chi connectivity index (χ1n) is 7.03. The standard InChI is InChI=1S/C15H30O2/c1-14(2,3)13-6-9-15(12-16,10-7-13)8-5-11-17-4/h13,16H,5-12H2,1-4H3. The van der Waals surface area contributed by atoms with Gasteiger partial charge in [-0.3, -0.25) is 0 Å². The first-order valence-corrected chi connectivity index (χ1v) is 7.03. The summed E-state index contributed by atoms with van der Waals surface area (Å²) in [5.41, 5.74) is 0.619. The molecule has 0 aromatic carbocycles. The molecule has 0 aliphatic heterocycles. The predicted octanol–water partition coefficient (Wildman–Crippen LogP) is 3.63. The SMILES string of the molecule is COCCCC1(CO)CCC(C(C)(C)C)CC1. The minimum atomic E-state index is 0.195. The van der Waals surface area contributed by atoms with E-state index in [0.29, 0.717) is 12.0 Å². The summed E-state index contributed by atoms with van der Waals surface area (Å²) in [5, 5.41) is 9.69. The molecule has 0 aromatic rings. The molecule has 2 nitrogen and oxygen atoms in total. The fourth-order valence-corrected chi connectivity index (χ4v) is 3.17. The first kappa shape index (κ1) is 15.0. The van der Waals surface area contributed by atoms with E-state index < -0.39 is 0 Å². The maximum Gasteiger partial charge on any atom is 0.0487 e. The summed E-state index contributed by atoms with van der Waals surface area (Å²) in [6.07, 6.45) is 7.13. The molecule has 1 N–H and O–H groups in total. The van der Waals surface area contributed by atoms with Crippen LogP contribution in [0.2, 0.25) is 0 Å². The van der Waals surface area contributed by atoms with E-state index in [0.717, 1.165) is 25.4 Å². The molecule has 0 aromatic heterocycles. The highest BCUT2D eigenvalue weighted by atomic mass is 16.5. The summed E-state index contributed by atoms with van der Waals surface area (Å²) in [4.78, 5) is 0. The molecule has 1 aliphatic carbocycles. The Hall–Kier alpha value is -0.0800. The van der Waals surface area contributed by atoms with Crippen molar-refractivity contribution in [1.29, 1.82) is 0 Å². The maximum absolute atomic E-state index is 9.69. The van der Waals surface area contributed by atoms with Crippen molar-refractivity contribution in [3.63, 3.8) is 0 Å². The van der Waals surface area contributed by atoms with Gasteiger partial charge in [0.15, 0.2) is 0 Å². The molecule has 102 valence electrons. The lowest BCUT2D eigenvalue weighted by atomic mass is 9.63. The number of methoxy groups -OCH3 is 1. The molecule has 0 unspecified atom stereocenters. The quantitative estimate of drug-likeness (QED) is 0.746. The number of aliphatic hydroxyl groups is 1. The smallest absolute Gasteiger partial charge is 0.0487 e. The molecule has 1 aliphatic rings. The van der Waals surface area contributed by atoms with Crippen LogP contribution in [0.4, 0.5) is 0 Å². The Bertz CT molecular complexity index is 209. The minimum Gasteiger partial charge on any atom is -0.396 e. The van der Waals surface area contributed by atoms with E-state index in [1.807, 2.05) is 0 Å². The largest absolute Gasteiger partial charge is 0.396 e. The van der Waals surface area contributed by atoms with E-state index in [4.69, 9.17) is 4.74 Å². The third kappa shape index (κ3) is 4.26. The van der Waals surface area contributed by atoms with Crippen LogP contribution in [0.25, 0.3) is 0 Å². The second kappa shape index (κ2) is 6.19. The van der Waals surface area contributed by atoms with Gasteiger partial charge in [-0.15, -0.1) is 0 Å². The number of aliphatic hydroxyl groups excluding tert-OH is 1. The predicted molar refractivity (Wildman–Crippen MR) is 72.0 cm³/mol. The van der Waals surface area contributed by atoms with Gasteiger partial charge in [-0.25, -0.2) is 0 Å². The van der Waals surface area contributed by atoms with Gasteiger partial charge in [-0.1, -0.05) is 20.8 Å². The van der Waals surface area contributed by atoms with Gasteiger partial charge in [-0.05, 0) is 55.3 Å². The van der Waals surface area contributed by atoms with E-state index in [9.17, 15) is 5.11 Å². The fourth-order valence-electron chi connectivity index (χ4n) is 3.17. The first-order chi connectivity index (χ1) is 7.93. The number of rotatable bonds is 5. The molecule has 2 heteroatoms. The second-order valence-electron chi connectivity index (χ2n) is 6.89. The third-order valence-corrected chi connectivity index (χ3v) is 4.66. The van der Waals surface area contributed by atoms with Crippen LogP contribution in [0, 0.1) is 16.7 Å². The van der Waals surface area contributed by atoms with Gasteiger partial charge in [0.2, 0.25) is 0 Å². The van der Waals surface area contributed by atoms with Gasteiger partial charge in [0.25, 0.3) is 0 Å². The average Bonchev–Trinajstić information content (AvgIpc) is 2.29. The van der Waals surface area contributed by atoms with E-state index in [-0.39, 0.29) is 5.41 Å². The molecular weight excluding hydrogens is 212 g/mol. The summed E-state index contributed by atoms with van der Waals surface area (Å²) >= 11 is 0. The monoisotopic (exact) mass is 242 g/mol. The van der Waals surface area contributed by atoms with Crippen LogP contribution in [-0.2, 0) is 4.74 Å². The molecule has 1 rings (SSSR count). The Kier molecular flexibility index (Phi) is 5.46. The van der Waals surface area contributed by atoms with Crippen molar-refractivity contribution in [2.24, 2.45) is 16.7 Å². The second-order valence-corrected chi connectivity index (χ2v) is 6.89. The van der Waals surface area contributed by atoms with Gasteiger partial charge < -0.3 is 9.84 Å². The van der Waals surface area contributed by atoms with E-state index in [2.05, 4.69) is 20.8 Å². The molecule has 17 heavy (non-hydrogen) atoms. The highest BCUT2D eigenvalue weighted by molar-refractivity contribution is 4.88. The summed E-state index contributed by atoms with van der Waals surface area (Å²) in [7, 11) is 1.75. The normalized spacial score (nSPS) is 30.5. The van der Waals surface area contributed by atoms with Crippen LogP contribution in [0.1, 0.15) is 59.3 Å². The zero-order valence-corrected chi connectivity index (χ0v) is 12.1. The van der Waals surface area contributed by atoms with Crippen molar-refractivity contribution in [3.05, 3.63) is 0 Å². The third-order valence-electron chi connectivity index (χ3n) is 4.66. The molecule has 1 fully saturated rings. The van der Waals surface area contributed by atoms with E-state index in [1.165, 1.54) is 25.7 Å². The lowest BCUT2D eigenvalue weighted by Crippen LogP contribution is -2.35. The van der Waals surface area contributed by atoms with Crippen LogP contribution in [0.15, 0.2) is 0 Å². The summed E-state index contributed by atoms with van der Waals surface area (Å²) in [6, 6.07) is 0. The zero-order chi connectivity index (χ0) is 12.9. The Morgan fingerprint density at radius 3 is 2.24 bits per heavy atom. The molecule has 0 bridgehead atoms. The van der Waals surface area contributed by atoms with Crippen molar-refractivity contribution in [3.8, 4) is 0 Å². The highest BCUT2D eigenvalue weighted by Crippen LogP contribution is 2.47. The van der Waals surface area contributed by atoms with Crippen LogP contribution in [0.5, 0.6) is 0 Å². The van der Waals surface area contributed by atoms with E-state index in [1.54, 1.807) is 7.11 Å². The Morgan fingerprint density at radius 1 is 1.24 bits per heavy atom. The summed E-state index contributed by atoms with van der Waals surface area (Å²) in [5.74, 6) is 0.824. The van der Waals surface area contributed by atoms with Crippen LogP contribution < -0.4 is 0 Å². The topological polar surface area (TPSA) is 29.5 Å². The van der Waals surface area contributed by atoms with Gasteiger partial charge in [0, 0.05) is 20.3 Å². The zero-order valence-electron chi connectivity index (χ0n) is 12.1. The maximum atomic E-state index is 9.69. The Labute approximate surface area is 107 Å². The molecule has 0 spiro atoms. The highest BCUT2D eigenvalue weighted by Gasteiger charge is 2.37. The minimum absolute atomic E-state index is 0.195. The molecule has 0 atom stereocenters. The van der Waals surface area contributed by atoms with Gasteiger partial charge in [0.05, 0.1) is 0 Å². The van der Waals surface area contributed by atoms with Crippen molar-refractivity contribution in [2.45, 2.75) is 59.3 Å². The molecule has 0 amide bonds. The lowest BCUT2D eigenvalue weighted by molar-refractivity contribution is 0.0238. The molecule has 0 radical (unpaired) electrons. The van der Waals surface area contributed by atoms with Gasteiger partial charge >= 0.3 is 0 Å². The van der Waals surface area contributed by atoms with Crippen LogP contribution in [-0.4, -0.2) is 25.4 Å². The van der Waals surface area contributed by atoms with Gasteiger partial charge in [0.1, 0.15) is 0 Å². The van der Waals surface area contributed by atoms with Crippen molar-refractivity contribution >= 4 is 0 Å². The number of ether oxygens (including phenoxy) is 1. The van der Waals surface area contributed by atoms with E-state index >= 15 is 0 Å². The number of hydrogen-bond acceptors (Lipinski definition) is 2. The van der Waals surface area contributed by atoms with Gasteiger partial charge in [-0.2, -0.15) is 0 Å². The molecule has 0 saturated heterocycles. The van der Waals surface area contributed by atoms with Crippen molar-refractivity contribution in [1.82, 2.24) is 0 Å². The number of hydrogen-bond donors (Lipinski definition) is 1. The Balaban J connectivity index is 2.45. The fraction of sp³-hybridized carbons (Fsp3) is 1.00. The van der Waals surface area contributed by atoms with Crippen molar-refractivity contribution < 1.29 is 9.84 Å². The van der Waals surface area contributed by atoms with Crippen molar-refractivity contribution in [2.75, 3.05) is 20.3 Å². The average molecular weight is 242 g/mol. The molecular formula is C15H30O2. The molecule has 0 heterocycles. The summed E-state index contributed by atoms with van der Waals surface area (Å²) < 4.78 is 5.12. The van der Waals surface area contributed by atoms with Crippen LogP contribution >= 0.6 is 0 Å².